The van der Waals surface area contributed by atoms with Crippen molar-refractivity contribution in [2.75, 3.05) is 11.1 Å². The number of nitrogens with one attached hydrogen (secondary N) is 1. The van der Waals surface area contributed by atoms with Gasteiger partial charge in [-0.3, -0.25) is 4.68 Å². The molecule has 2 heterocycles. The Balaban J connectivity index is 1.90. The summed E-state index contributed by atoms with van der Waals surface area (Å²) in [5, 5.41) is 22.3. The maximum Gasteiger partial charge on any atom is 0.163 e. The summed E-state index contributed by atoms with van der Waals surface area (Å²) in [4.78, 5) is 0. The molecule has 0 fully saturated rings. The van der Waals surface area contributed by atoms with E-state index in [2.05, 4.69) is 27.5 Å². The van der Waals surface area contributed by atoms with E-state index in [1.807, 2.05) is 60.7 Å². The number of hydrogen-bond acceptors (Lipinski definition) is 5. The lowest BCUT2D eigenvalue weighted by atomic mass is 10.1. The number of nitrogens with two attached hydrogens (primary N) is 1. The number of hydrogen-bond donors (Lipinski definition) is 2. The van der Waals surface area contributed by atoms with Crippen molar-refractivity contribution in [3.05, 3.63) is 71.9 Å². The maximum atomic E-state index is 9.85. The monoisotopic (exact) mass is 393 g/mol. The van der Waals surface area contributed by atoms with Crippen molar-refractivity contribution in [3.63, 3.8) is 0 Å². The number of anilines is 3. The molecule has 0 aliphatic heterocycles. The molecule has 0 unspecified atom stereocenters. The number of aryl methyl sites for hydroxylation is 1. The largest absolute Gasteiger partial charge is 0.383 e. The summed E-state index contributed by atoms with van der Waals surface area (Å²) in [5.41, 5.74) is 9.67. The molecule has 0 radical (unpaired) electrons. The zero-order valence-corrected chi connectivity index (χ0v) is 16.4. The minimum Gasteiger partial charge on any atom is -0.383 e. The number of nitriles is 1. The summed E-state index contributed by atoms with van der Waals surface area (Å²) in [6.45, 7) is 0. The van der Waals surface area contributed by atoms with Gasteiger partial charge in [-0.15, -0.1) is 12.3 Å². The minimum atomic E-state index is 0.243. The molecule has 146 valence electrons. The van der Waals surface area contributed by atoms with Crippen LogP contribution in [-0.2, 0) is 13.5 Å². The smallest absolute Gasteiger partial charge is 0.163 e. The Morgan fingerprint density at radius 2 is 1.73 bits per heavy atom. The quantitative estimate of drug-likeness (QED) is 0.505. The molecule has 4 aromatic rings. The Bertz CT molecular complexity index is 1270. The lowest BCUT2D eigenvalue weighted by Crippen LogP contribution is -2.04. The number of para-hydroxylation sites is 1. The summed E-state index contributed by atoms with van der Waals surface area (Å²) in [6, 6.07) is 21.5. The molecular weight excluding hydrogens is 374 g/mol. The highest BCUT2D eigenvalue weighted by atomic mass is 15.4. The normalized spacial score (nSPS) is 10.4. The second kappa shape index (κ2) is 7.86. The molecule has 3 N–H and O–H groups in total. The molecule has 7 nitrogen and oxygen atoms in total. The standard InChI is InChI=1S/C23H19N7/c1-3-10-19-18(15-24)23(30(27-19)17-13-8-5-9-14-17)26-22-20(21(25)29(2)28-22)16-11-6-4-7-12-16/h1,4-9,11-14H,10,25H2,2H3,(H,26,28). The first-order valence-corrected chi connectivity index (χ1v) is 9.29. The maximum absolute atomic E-state index is 9.85. The second-order valence-electron chi connectivity index (χ2n) is 6.63. The van der Waals surface area contributed by atoms with Crippen LogP contribution < -0.4 is 11.1 Å². The van der Waals surface area contributed by atoms with E-state index >= 15 is 0 Å². The molecule has 0 amide bonds. The molecule has 2 aromatic carbocycles. The highest BCUT2D eigenvalue weighted by molar-refractivity contribution is 5.87. The molecule has 0 saturated heterocycles. The Labute approximate surface area is 174 Å². The van der Waals surface area contributed by atoms with Crippen LogP contribution in [0.2, 0.25) is 0 Å². The highest BCUT2D eigenvalue weighted by Crippen LogP contribution is 2.36. The Hall–Kier alpha value is -4.49. The lowest BCUT2D eigenvalue weighted by Gasteiger charge is -2.10. The van der Waals surface area contributed by atoms with Crippen molar-refractivity contribution in [2.45, 2.75) is 6.42 Å². The van der Waals surface area contributed by atoms with Gasteiger partial charge in [0, 0.05) is 7.05 Å². The number of rotatable bonds is 5. The average Bonchev–Trinajstić information content (AvgIpc) is 3.26. The van der Waals surface area contributed by atoms with E-state index in [9.17, 15) is 5.26 Å². The first kappa shape index (κ1) is 18.9. The Morgan fingerprint density at radius 1 is 1.07 bits per heavy atom. The minimum absolute atomic E-state index is 0.243. The van der Waals surface area contributed by atoms with Gasteiger partial charge < -0.3 is 11.1 Å². The van der Waals surface area contributed by atoms with Gasteiger partial charge in [-0.2, -0.15) is 15.5 Å². The molecule has 0 saturated carbocycles. The van der Waals surface area contributed by atoms with Crippen molar-refractivity contribution >= 4 is 17.5 Å². The molecule has 0 aliphatic rings. The summed E-state index contributed by atoms with van der Waals surface area (Å²) in [5.74, 6) is 4.10. The first-order valence-electron chi connectivity index (χ1n) is 9.29. The van der Waals surface area contributed by atoms with Crippen molar-refractivity contribution in [2.24, 2.45) is 7.05 Å². The average molecular weight is 393 g/mol. The van der Waals surface area contributed by atoms with Gasteiger partial charge >= 0.3 is 0 Å². The molecule has 30 heavy (non-hydrogen) atoms. The Kier molecular flexibility index (Phi) is 4.94. The van der Waals surface area contributed by atoms with E-state index in [-0.39, 0.29) is 6.42 Å². The number of nitrogen functional groups attached to an aromatic ring is 1. The summed E-state index contributed by atoms with van der Waals surface area (Å²) >= 11 is 0. The zero-order valence-electron chi connectivity index (χ0n) is 16.4. The molecule has 0 atom stereocenters. The zero-order chi connectivity index (χ0) is 21.1. The van der Waals surface area contributed by atoms with Gasteiger partial charge in [0.1, 0.15) is 17.5 Å². The van der Waals surface area contributed by atoms with Crippen molar-refractivity contribution in [1.82, 2.24) is 19.6 Å². The molecule has 7 heteroatoms. The third-order valence-corrected chi connectivity index (χ3v) is 4.73. The van der Waals surface area contributed by atoms with Crippen LogP contribution in [0.3, 0.4) is 0 Å². The molecule has 0 aliphatic carbocycles. The fraction of sp³-hybridized carbons (Fsp3) is 0.0870. The predicted molar refractivity (Wildman–Crippen MR) is 117 cm³/mol. The van der Waals surface area contributed by atoms with E-state index in [0.717, 1.165) is 16.8 Å². The first-order chi connectivity index (χ1) is 14.6. The number of nitrogens with zero attached hydrogens (tertiary/aromatic N) is 5. The highest BCUT2D eigenvalue weighted by Gasteiger charge is 2.23. The van der Waals surface area contributed by atoms with Crippen LogP contribution in [0.4, 0.5) is 17.5 Å². The summed E-state index contributed by atoms with van der Waals surface area (Å²) in [7, 11) is 1.77. The molecule has 4 rings (SSSR count). The van der Waals surface area contributed by atoms with E-state index in [4.69, 9.17) is 12.2 Å². The van der Waals surface area contributed by atoms with E-state index in [1.54, 1.807) is 16.4 Å². The number of benzene rings is 2. The van der Waals surface area contributed by atoms with Crippen LogP contribution >= 0.6 is 0 Å². The fourth-order valence-electron chi connectivity index (χ4n) is 3.30. The van der Waals surface area contributed by atoms with Crippen LogP contribution in [0.25, 0.3) is 16.8 Å². The van der Waals surface area contributed by atoms with Gasteiger partial charge in [0.2, 0.25) is 0 Å². The van der Waals surface area contributed by atoms with Crippen molar-refractivity contribution in [1.29, 1.82) is 5.26 Å². The van der Waals surface area contributed by atoms with E-state index in [1.165, 1.54) is 0 Å². The molecule has 0 spiro atoms. The predicted octanol–water partition coefficient (Wildman–Crippen LogP) is 3.65. The summed E-state index contributed by atoms with van der Waals surface area (Å²) < 4.78 is 3.27. The Morgan fingerprint density at radius 3 is 2.37 bits per heavy atom. The number of aromatic nitrogens is 4. The van der Waals surface area contributed by atoms with Crippen molar-refractivity contribution in [3.8, 4) is 35.2 Å². The topological polar surface area (TPSA) is 97.5 Å². The van der Waals surface area contributed by atoms with Gasteiger partial charge in [0.15, 0.2) is 11.6 Å². The summed E-state index contributed by atoms with van der Waals surface area (Å²) in [6.07, 6.45) is 5.74. The molecule has 0 bridgehead atoms. The third-order valence-electron chi connectivity index (χ3n) is 4.73. The van der Waals surface area contributed by atoms with Gasteiger partial charge in [0.25, 0.3) is 0 Å². The molecule has 2 aromatic heterocycles. The van der Waals surface area contributed by atoms with Crippen LogP contribution in [0.15, 0.2) is 60.7 Å². The lowest BCUT2D eigenvalue weighted by molar-refractivity contribution is 0.781. The second-order valence-corrected chi connectivity index (χ2v) is 6.63. The van der Waals surface area contributed by atoms with Gasteiger partial charge in [0.05, 0.1) is 23.4 Å². The van der Waals surface area contributed by atoms with E-state index < -0.39 is 0 Å². The van der Waals surface area contributed by atoms with Gasteiger partial charge in [-0.25, -0.2) is 4.68 Å². The number of terminal acetylenes is 1. The fourth-order valence-corrected chi connectivity index (χ4v) is 3.30. The third kappa shape index (κ3) is 3.25. The van der Waals surface area contributed by atoms with Crippen LogP contribution in [0.1, 0.15) is 11.3 Å². The van der Waals surface area contributed by atoms with Gasteiger partial charge in [-0.1, -0.05) is 48.5 Å². The van der Waals surface area contributed by atoms with Crippen LogP contribution in [-0.4, -0.2) is 19.6 Å². The van der Waals surface area contributed by atoms with E-state index in [0.29, 0.717) is 28.7 Å². The van der Waals surface area contributed by atoms with Crippen LogP contribution in [0, 0.1) is 23.7 Å². The molecular formula is C23H19N7. The van der Waals surface area contributed by atoms with Crippen molar-refractivity contribution < 1.29 is 0 Å². The van der Waals surface area contributed by atoms with Gasteiger partial charge in [-0.05, 0) is 17.7 Å². The van der Waals surface area contributed by atoms with Crippen LogP contribution in [0.5, 0.6) is 0 Å². The SMILES string of the molecule is C#CCc1nn(-c2ccccc2)c(Nc2nn(C)c(N)c2-c2ccccc2)c1C#N.